The van der Waals surface area contributed by atoms with E-state index in [1.807, 2.05) is 20.8 Å². The predicted molar refractivity (Wildman–Crippen MR) is 59.2 cm³/mol. The Bertz CT molecular complexity index is 235. The fourth-order valence-corrected chi connectivity index (χ4v) is 0.830. The predicted octanol–water partition coefficient (Wildman–Crippen LogP) is -0.408. The van der Waals surface area contributed by atoms with E-state index in [1.165, 1.54) is 0 Å². The molecule has 1 amide bonds. The van der Waals surface area contributed by atoms with Crippen molar-refractivity contribution in [2.45, 2.75) is 26.3 Å². The van der Waals surface area contributed by atoms with E-state index in [0.29, 0.717) is 6.54 Å². The molecule has 0 aliphatic rings. The molecule has 0 unspecified atom stereocenters. The molecule has 94 valence electrons. The van der Waals surface area contributed by atoms with Crippen LogP contribution in [0, 0.1) is 0 Å². The van der Waals surface area contributed by atoms with Crippen LogP contribution in [0.1, 0.15) is 20.8 Å². The van der Waals surface area contributed by atoms with Gasteiger partial charge in [-0.2, -0.15) is 0 Å². The third kappa shape index (κ3) is 10.9. The zero-order valence-corrected chi connectivity index (χ0v) is 10.0. The highest BCUT2D eigenvalue weighted by atomic mass is 16.5. The Hall–Kier alpha value is -1.14. The van der Waals surface area contributed by atoms with Crippen molar-refractivity contribution < 1.29 is 19.4 Å². The quantitative estimate of drug-likeness (QED) is 0.519. The SMILES string of the molecule is CC(C)(C)NCC(=O)NCCOCC(=O)O. The molecule has 16 heavy (non-hydrogen) atoms. The van der Waals surface area contributed by atoms with Crippen LogP contribution >= 0.6 is 0 Å². The molecule has 0 fully saturated rings. The number of carbonyl (C=O) groups is 2. The van der Waals surface area contributed by atoms with Crippen molar-refractivity contribution in [2.24, 2.45) is 0 Å². The van der Waals surface area contributed by atoms with Gasteiger partial charge in [0.05, 0.1) is 13.2 Å². The lowest BCUT2D eigenvalue weighted by atomic mass is 10.1. The topological polar surface area (TPSA) is 87.7 Å². The Morgan fingerprint density at radius 2 is 1.94 bits per heavy atom. The number of ether oxygens (including phenoxy) is 1. The van der Waals surface area contributed by atoms with Crippen LogP contribution in [0.2, 0.25) is 0 Å². The maximum absolute atomic E-state index is 11.2. The molecule has 0 saturated carbocycles. The number of carboxylic acids is 1. The summed E-state index contributed by atoms with van der Waals surface area (Å²) in [6.45, 7) is 6.33. The summed E-state index contributed by atoms with van der Waals surface area (Å²) >= 11 is 0. The molecule has 0 heterocycles. The fourth-order valence-electron chi connectivity index (χ4n) is 0.830. The molecule has 6 nitrogen and oxygen atoms in total. The number of carbonyl (C=O) groups excluding carboxylic acids is 1. The van der Waals surface area contributed by atoms with Crippen LogP contribution < -0.4 is 10.6 Å². The normalized spacial score (nSPS) is 11.2. The number of amides is 1. The van der Waals surface area contributed by atoms with Crippen LogP contribution in [0.4, 0.5) is 0 Å². The molecule has 6 heteroatoms. The van der Waals surface area contributed by atoms with E-state index in [9.17, 15) is 9.59 Å². The molecule has 0 aromatic carbocycles. The largest absolute Gasteiger partial charge is 0.480 e. The molecule has 0 aliphatic heterocycles. The number of carboxylic acid groups (broad SMARTS) is 1. The zero-order valence-electron chi connectivity index (χ0n) is 10.0. The molecule has 3 N–H and O–H groups in total. The third-order valence-electron chi connectivity index (χ3n) is 1.57. The highest BCUT2D eigenvalue weighted by Gasteiger charge is 2.10. The third-order valence-corrected chi connectivity index (χ3v) is 1.57. The van der Waals surface area contributed by atoms with Crippen LogP contribution in [0.15, 0.2) is 0 Å². The molecule has 0 rings (SSSR count). The first-order chi connectivity index (χ1) is 7.31. The minimum absolute atomic E-state index is 0.100. The van der Waals surface area contributed by atoms with E-state index in [2.05, 4.69) is 10.6 Å². The van der Waals surface area contributed by atoms with Crippen molar-refractivity contribution in [3.05, 3.63) is 0 Å². The van der Waals surface area contributed by atoms with Gasteiger partial charge in [0.15, 0.2) is 0 Å². The van der Waals surface area contributed by atoms with Crippen LogP contribution in [0.25, 0.3) is 0 Å². The monoisotopic (exact) mass is 232 g/mol. The lowest BCUT2D eigenvalue weighted by Gasteiger charge is -2.19. The second-order valence-corrected chi connectivity index (χ2v) is 4.40. The van der Waals surface area contributed by atoms with Gasteiger partial charge in [-0.1, -0.05) is 0 Å². The van der Waals surface area contributed by atoms with E-state index in [0.717, 1.165) is 0 Å². The second kappa shape index (κ2) is 7.19. The Kier molecular flexibility index (Phi) is 6.67. The highest BCUT2D eigenvalue weighted by Crippen LogP contribution is 1.96. The van der Waals surface area contributed by atoms with Crippen molar-refractivity contribution in [2.75, 3.05) is 26.3 Å². The molecule has 0 bridgehead atoms. The van der Waals surface area contributed by atoms with Gasteiger partial charge in [-0.3, -0.25) is 4.79 Å². The van der Waals surface area contributed by atoms with Gasteiger partial charge in [-0.05, 0) is 20.8 Å². The minimum Gasteiger partial charge on any atom is -0.480 e. The van der Waals surface area contributed by atoms with E-state index >= 15 is 0 Å². The van der Waals surface area contributed by atoms with Gasteiger partial charge in [0.25, 0.3) is 0 Å². The van der Waals surface area contributed by atoms with Crippen molar-refractivity contribution in [3.63, 3.8) is 0 Å². The Morgan fingerprint density at radius 1 is 1.31 bits per heavy atom. The molecule has 0 spiro atoms. The molecular weight excluding hydrogens is 212 g/mol. The lowest BCUT2D eigenvalue weighted by molar-refractivity contribution is -0.142. The van der Waals surface area contributed by atoms with E-state index < -0.39 is 5.97 Å². The van der Waals surface area contributed by atoms with Crippen molar-refractivity contribution >= 4 is 11.9 Å². The van der Waals surface area contributed by atoms with Gasteiger partial charge in [0, 0.05) is 12.1 Å². The van der Waals surface area contributed by atoms with Gasteiger partial charge in [-0.15, -0.1) is 0 Å². The molecule has 0 saturated heterocycles. The molecule has 0 aliphatic carbocycles. The first kappa shape index (κ1) is 14.9. The van der Waals surface area contributed by atoms with Crippen molar-refractivity contribution in [3.8, 4) is 0 Å². The van der Waals surface area contributed by atoms with Crippen molar-refractivity contribution in [1.82, 2.24) is 10.6 Å². The van der Waals surface area contributed by atoms with E-state index in [1.54, 1.807) is 0 Å². The maximum atomic E-state index is 11.2. The Labute approximate surface area is 95.4 Å². The fraction of sp³-hybridized carbons (Fsp3) is 0.800. The Morgan fingerprint density at radius 3 is 2.44 bits per heavy atom. The van der Waals surface area contributed by atoms with Crippen LogP contribution in [0.5, 0.6) is 0 Å². The Balaban J connectivity index is 3.41. The summed E-state index contributed by atoms with van der Waals surface area (Å²) in [6.07, 6.45) is 0. The molecule has 0 atom stereocenters. The molecule has 0 aromatic rings. The zero-order chi connectivity index (χ0) is 12.6. The first-order valence-electron chi connectivity index (χ1n) is 5.12. The summed E-state index contributed by atoms with van der Waals surface area (Å²) in [5, 5.41) is 13.9. The summed E-state index contributed by atoms with van der Waals surface area (Å²) in [5.74, 6) is -1.14. The summed E-state index contributed by atoms with van der Waals surface area (Å²) in [6, 6.07) is 0. The van der Waals surface area contributed by atoms with Gasteiger partial charge < -0.3 is 20.5 Å². The van der Waals surface area contributed by atoms with Crippen LogP contribution in [-0.2, 0) is 14.3 Å². The van der Waals surface area contributed by atoms with Gasteiger partial charge in [0.2, 0.25) is 5.91 Å². The van der Waals surface area contributed by atoms with Gasteiger partial charge in [-0.25, -0.2) is 4.79 Å². The smallest absolute Gasteiger partial charge is 0.329 e. The summed E-state index contributed by atoms with van der Waals surface area (Å²) in [5.41, 5.74) is -0.100. The number of rotatable bonds is 7. The van der Waals surface area contributed by atoms with Crippen LogP contribution in [0.3, 0.4) is 0 Å². The number of aliphatic carboxylic acids is 1. The van der Waals surface area contributed by atoms with Gasteiger partial charge >= 0.3 is 5.97 Å². The van der Waals surface area contributed by atoms with Crippen LogP contribution in [-0.4, -0.2) is 48.8 Å². The lowest BCUT2D eigenvalue weighted by Crippen LogP contribution is -2.43. The number of nitrogens with one attached hydrogen (secondary N) is 2. The molecule has 0 radical (unpaired) electrons. The second-order valence-electron chi connectivity index (χ2n) is 4.40. The molecular formula is C10H20N2O4. The molecule has 0 aromatic heterocycles. The average molecular weight is 232 g/mol. The van der Waals surface area contributed by atoms with Gasteiger partial charge in [0.1, 0.15) is 6.61 Å². The average Bonchev–Trinajstić information content (AvgIpc) is 2.12. The summed E-state index contributed by atoms with van der Waals surface area (Å²) in [7, 11) is 0. The summed E-state index contributed by atoms with van der Waals surface area (Å²) < 4.78 is 4.76. The highest BCUT2D eigenvalue weighted by molar-refractivity contribution is 5.78. The van der Waals surface area contributed by atoms with Crippen molar-refractivity contribution in [1.29, 1.82) is 0 Å². The minimum atomic E-state index is -1.01. The maximum Gasteiger partial charge on any atom is 0.329 e. The standard InChI is InChI=1S/C10H20N2O4/c1-10(2,3)12-6-8(13)11-4-5-16-7-9(14)15/h12H,4-7H2,1-3H3,(H,11,13)(H,14,15). The summed E-state index contributed by atoms with van der Waals surface area (Å²) in [4.78, 5) is 21.3. The van der Waals surface area contributed by atoms with E-state index in [4.69, 9.17) is 9.84 Å². The first-order valence-corrected chi connectivity index (χ1v) is 5.12. The number of hydrogen-bond acceptors (Lipinski definition) is 4. The van der Waals surface area contributed by atoms with E-state index in [-0.39, 0.29) is 31.2 Å². The number of hydrogen-bond donors (Lipinski definition) is 3.